The number of carbonyl (C=O) groups excluding carboxylic acids is 2. The molecular formula is C13H21ClO3. The first kappa shape index (κ1) is 14.5. The van der Waals surface area contributed by atoms with Crippen molar-refractivity contribution in [3.8, 4) is 0 Å². The molecule has 0 aromatic carbocycles. The summed E-state index contributed by atoms with van der Waals surface area (Å²) in [7, 11) is 1.37. The maximum atomic E-state index is 11.7. The van der Waals surface area contributed by atoms with Crippen LogP contribution in [0.2, 0.25) is 0 Å². The normalized spacial score (nSPS) is 27.2. The molecule has 0 bridgehead atoms. The maximum absolute atomic E-state index is 11.7. The third-order valence-electron chi connectivity index (χ3n) is 3.56. The zero-order valence-electron chi connectivity index (χ0n) is 10.4. The Morgan fingerprint density at radius 2 is 1.41 bits per heavy atom. The Morgan fingerprint density at radius 3 is 1.88 bits per heavy atom. The van der Waals surface area contributed by atoms with E-state index in [2.05, 4.69) is 0 Å². The lowest BCUT2D eigenvalue weighted by molar-refractivity contribution is -0.149. The lowest BCUT2D eigenvalue weighted by Gasteiger charge is -2.23. The summed E-state index contributed by atoms with van der Waals surface area (Å²) < 4.78 is 4.79. The topological polar surface area (TPSA) is 43.4 Å². The van der Waals surface area contributed by atoms with Gasteiger partial charge < -0.3 is 4.74 Å². The molecule has 1 aliphatic rings. The predicted molar refractivity (Wildman–Crippen MR) is 66.8 cm³/mol. The average Bonchev–Trinajstić information content (AvgIpc) is 2.33. The Labute approximate surface area is 108 Å². The van der Waals surface area contributed by atoms with Gasteiger partial charge in [-0.25, -0.2) is 0 Å². The van der Waals surface area contributed by atoms with Gasteiger partial charge in [0.05, 0.1) is 13.0 Å². The molecule has 0 spiro atoms. The fourth-order valence-corrected chi connectivity index (χ4v) is 2.80. The van der Waals surface area contributed by atoms with E-state index in [0.717, 1.165) is 32.1 Å². The Hall–Kier alpha value is -0.570. The molecule has 98 valence electrons. The van der Waals surface area contributed by atoms with Crippen LogP contribution in [0.1, 0.15) is 51.4 Å². The zero-order valence-corrected chi connectivity index (χ0v) is 11.2. The maximum Gasteiger partial charge on any atom is 0.309 e. The van der Waals surface area contributed by atoms with Gasteiger partial charge in [-0.15, -0.1) is 0 Å². The van der Waals surface area contributed by atoms with Crippen molar-refractivity contribution in [2.45, 2.75) is 51.4 Å². The third-order valence-corrected chi connectivity index (χ3v) is 3.84. The molecule has 2 unspecified atom stereocenters. The largest absolute Gasteiger partial charge is 0.469 e. The SMILES string of the molecule is COC(=O)C1CCCCCCCCC1C(=O)Cl. The van der Waals surface area contributed by atoms with Crippen molar-refractivity contribution < 1.29 is 14.3 Å². The van der Waals surface area contributed by atoms with Crippen LogP contribution >= 0.6 is 11.6 Å². The molecule has 0 radical (unpaired) electrons. The van der Waals surface area contributed by atoms with Crippen molar-refractivity contribution in [3.05, 3.63) is 0 Å². The number of esters is 1. The summed E-state index contributed by atoms with van der Waals surface area (Å²) in [6, 6.07) is 0. The first-order chi connectivity index (χ1) is 8.16. The highest BCUT2D eigenvalue weighted by Gasteiger charge is 2.32. The number of hydrogen-bond acceptors (Lipinski definition) is 3. The molecule has 1 rings (SSSR count). The summed E-state index contributed by atoms with van der Waals surface area (Å²) in [5, 5.41) is -0.388. The van der Waals surface area contributed by atoms with Gasteiger partial charge in [0.15, 0.2) is 0 Å². The summed E-state index contributed by atoms with van der Waals surface area (Å²) in [6.45, 7) is 0. The van der Waals surface area contributed by atoms with Crippen LogP contribution in [0.4, 0.5) is 0 Å². The van der Waals surface area contributed by atoms with Crippen molar-refractivity contribution in [3.63, 3.8) is 0 Å². The number of hydrogen-bond donors (Lipinski definition) is 0. The molecule has 1 aliphatic carbocycles. The number of ether oxygens (including phenoxy) is 1. The lowest BCUT2D eigenvalue weighted by atomic mass is 9.83. The summed E-state index contributed by atoms with van der Waals surface area (Å²) in [6.07, 6.45) is 8.04. The molecule has 4 heteroatoms. The molecule has 0 N–H and O–H groups in total. The van der Waals surface area contributed by atoms with E-state index in [1.165, 1.54) is 20.0 Å². The Bertz CT molecular complexity index is 265. The number of carbonyl (C=O) groups is 2. The molecule has 0 aromatic heterocycles. The Balaban J connectivity index is 2.72. The van der Waals surface area contributed by atoms with Gasteiger partial charge in [-0.3, -0.25) is 9.59 Å². The Kier molecular flexibility index (Phi) is 6.56. The third kappa shape index (κ3) is 4.66. The highest BCUT2D eigenvalue weighted by molar-refractivity contribution is 6.64. The summed E-state index contributed by atoms with van der Waals surface area (Å²) in [5.41, 5.74) is 0. The second-order valence-corrected chi connectivity index (χ2v) is 5.11. The number of rotatable bonds is 2. The van der Waals surface area contributed by atoms with Crippen molar-refractivity contribution in [1.82, 2.24) is 0 Å². The molecule has 1 saturated carbocycles. The number of halogens is 1. The summed E-state index contributed by atoms with van der Waals surface area (Å²) in [5.74, 6) is -0.991. The first-order valence-electron chi connectivity index (χ1n) is 6.44. The standard InChI is InChI=1S/C13H21ClO3/c1-17-13(16)11-9-7-5-3-2-4-6-8-10(11)12(14)15/h10-11H,2-9H2,1H3. The molecule has 0 aliphatic heterocycles. The molecule has 3 nitrogen and oxygen atoms in total. The molecule has 0 heterocycles. The monoisotopic (exact) mass is 260 g/mol. The molecule has 17 heavy (non-hydrogen) atoms. The second kappa shape index (κ2) is 7.70. The van der Waals surface area contributed by atoms with Gasteiger partial charge in [-0.1, -0.05) is 38.5 Å². The van der Waals surface area contributed by atoms with Crippen molar-refractivity contribution in [2.24, 2.45) is 11.8 Å². The smallest absolute Gasteiger partial charge is 0.309 e. The fraction of sp³-hybridized carbons (Fsp3) is 0.846. The van der Waals surface area contributed by atoms with E-state index >= 15 is 0 Å². The van der Waals surface area contributed by atoms with Crippen LogP contribution in [-0.2, 0) is 14.3 Å². The van der Waals surface area contributed by atoms with Crippen LogP contribution in [-0.4, -0.2) is 18.3 Å². The molecule has 2 atom stereocenters. The van der Waals surface area contributed by atoms with Crippen molar-refractivity contribution >= 4 is 22.8 Å². The minimum atomic E-state index is -0.388. The van der Waals surface area contributed by atoms with Crippen molar-refractivity contribution in [2.75, 3.05) is 7.11 Å². The van der Waals surface area contributed by atoms with E-state index in [1.54, 1.807) is 0 Å². The van der Waals surface area contributed by atoms with Gasteiger partial charge in [0, 0.05) is 5.92 Å². The van der Waals surface area contributed by atoms with Crippen LogP contribution < -0.4 is 0 Å². The average molecular weight is 261 g/mol. The van der Waals surface area contributed by atoms with Gasteiger partial charge in [0.25, 0.3) is 0 Å². The quantitative estimate of drug-likeness (QED) is 0.565. The first-order valence-corrected chi connectivity index (χ1v) is 6.81. The Morgan fingerprint density at radius 1 is 0.941 bits per heavy atom. The van der Waals surface area contributed by atoms with E-state index in [0.29, 0.717) is 6.42 Å². The highest BCUT2D eigenvalue weighted by atomic mass is 35.5. The van der Waals surface area contributed by atoms with E-state index in [1.807, 2.05) is 0 Å². The van der Waals surface area contributed by atoms with Crippen molar-refractivity contribution in [1.29, 1.82) is 0 Å². The van der Waals surface area contributed by atoms with E-state index in [-0.39, 0.29) is 23.0 Å². The van der Waals surface area contributed by atoms with Gasteiger partial charge >= 0.3 is 5.97 Å². The molecule has 0 aromatic rings. The van der Waals surface area contributed by atoms with Crippen LogP contribution in [0.3, 0.4) is 0 Å². The van der Waals surface area contributed by atoms with E-state index in [4.69, 9.17) is 16.3 Å². The fourth-order valence-electron chi connectivity index (χ4n) is 2.54. The van der Waals surface area contributed by atoms with E-state index in [9.17, 15) is 9.59 Å². The minimum absolute atomic E-state index is 0.287. The lowest BCUT2D eigenvalue weighted by Crippen LogP contribution is -2.29. The molecule has 0 amide bonds. The van der Waals surface area contributed by atoms with Gasteiger partial charge in [-0.05, 0) is 24.4 Å². The van der Waals surface area contributed by atoms with Gasteiger partial charge in [-0.2, -0.15) is 0 Å². The van der Waals surface area contributed by atoms with Gasteiger partial charge in [0.2, 0.25) is 5.24 Å². The predicted octanol–water partition coefficient (Wildman–Crippen LogP) is 3.29. The summed E-state index contributed by atoms with van der Waals surface area (Å²) >= 11 is 5.63. The van der Waals surface area contributed by atoms with Crippen LogP contribution in [0.5, 0.6) is 0 Å². The molecule has 0 saturated heterocycles. The van der Waals surface area contributed by atoms with Gasteiger partial charge in [0.1, 0.15) is 0 Å². The van der Waals surface area contributed by atoms with Crippen LogP contribution in [0, 0.1) is 11.8 Å². The van der Waals surface area contributed by atoms with Crippen LogP contribution in [0.15, 0.2) is 0 Å². The van der Waals surface area contributed by atoms with E-state index < -0.39 is 0 Å². The van der Waals surface area contributed by atoms with Crippen LogP contribution in [0.25, 0.3) is 0 Å². The minimum Gasteiger partial charge on any atom is -0.469 e. The second-order valence-electron chi connectivity index (χ2n) is 4.74. The zero-order chi connectivity index (χ0) is 12.7. The number of methoxy groups -OCH3 is 1. The highest BCUT2D eigenvalue weighted by Crippen LogP contribution is 2.29. The summed E-state index contributed by atoms with van der Waals surface area (Å²) in [4.78, 5) is 23.2. The molecular weight excluding hydrogens is 240 g/mol. The molecule has 1 fully saturated rings.